The molecule has 2 aromatic carbocycles. The van der Waals surface area contributed by atoms with E-state index in [4.69, 9.17) is 9.47 Å². The van der Waals surface area contributed by atoms with Gasteiger partial charge in [0.05, 0.1) is 6.61 Å². The molecular weight excluding hydrogens is 398 g/mol. The van der Waals surface area contributed by atoms with Crippen LogP contribution < -0.4 is 10.1 Å². The van der Waals surface area contributed by atoms with Crippen LogP contribution in [0.4, 0.5) is 5.00 Å². The molecule has 5 nitrogen and oxygen atoms in total. The van der Waals surface area contributed by atoms with Gasteiger partial charge < -0.3 is 14.8 Å². The lowest BCUT2D eigenvalue weighted by Gasteiger charge is -2.11. The number of ether oxygens (including phenoxy) is 2. The molecule has 0 aliphatic heterocycles. The highest BCUT2D eigenvalue weighted by atomic mass is 32.1. The Bertz CT molecular complexity index is 1050. The van der Waals surface area contributed by atoms with Crippen molar-refractivity contribution in [3.8, 4) is 16.9 Å². The third-order valence-corrected chi connectivity index (χ3v) is 5.48. The van der Waals surface area contributed by atoms with Crippen LogP contribution in [0, 0.1) is 20.8 Å². The molecule has 0 fully saturated rings. The topological polar surface area (TPSA) is 64.6 Å². The SMILES string of the molecule is CCOC(=O)c1c(-c2ccc(C)cc2C)csc1NC(=O)COc1ccc(C)cc1. The molecule has 1 aromatic heterocycles. The lowest BCUT2D eigenvalue weighted by atomic mass is 9.97. The Labute approximate surface area is 180 Å². The zero-order valence-corrected chi connectivity index (χ0v) is 18.4. The quantitative estimate of drug-likeness (QED) is 0.507. The summed E-state index contributed by atoms with van der Waals surface area (Å²) < 4.78 is 10.8. The maximum Gasteiger partial charge on any atom is 0.341 e. The first kappa shape index (κ1) is 21.6. The molecule has 6 heteroatoms. The molecule has 0 spiro atoms. The maximum atomic E-state index is 12.7. The highest BCUT2D eigenvalue weighted by Crippen LogP contribution is 2.37. The van der Waals surface area contributed by atoms with E-state index in [2.05, 4.69) is 11.4 Å². The maximum absolute atomic E-state index is 12.7. The van der Waals surface area contributed by atoms with E-state index in [1.54, 1.807) is 6.92 Å². The Hall–Kier alpha value is -3.12. The van der Waals surface area contributed by atoms with Gasteiger partial charge in [-0.25, -0.2) is 4.79 Å². The van der Waals surface area contributed by atoms with Gasteiger partial charge in [-0.3, -0.25) is 4.79 Å². The second-order valence-corrected chi connectivity index (χ2v) is 7.92. The summed E-state index contributed by atoms with van der Waals surface area (Å²) in [5.41, 5.74) is 5.38. The van der Waals surface area contributed by atoms with Gasteiger partial charge in [0.1, 0.15) is 16.3 Å². The first-order valence-electron chi connectivity index (χ1n) is 9.74. The van der Waals surface area contributed by atoms with Crippen molar-refractivity contribution in [3.63, 3.8) is 0 Å². The smallest absolute Gasteiger partial charge is 0.341 e. The Morgan fingerprint density at radius 2 is 1.67 bits per heavy atom. The van der Waals surface area contributed by atoms with Crippen molar-refractivity contribution in [2.75, 3.05) is 18.5 Å². The van der Waals surface area contributed by atoms with E-state index in [1.807, 2.05) is 62.5 Å². The molecule has 3 rings (SSSR count). The fourth-order valence-corrected chi connectivity index (χ4v) is 4.08. The summed E-state index contributed by atoms with van der Waals surface area (Å²) in [5.74, 6) is -0.179. The van der Waals surface area contributed by atoms with Gasteiger partial charge >= 0.3 is 5.97 Å². The number of anilines is 1. The number of carbonyl (C=O) groups excluding carboxylic acids is 2. The number of thiophene rings is 1. The average Bonchev–Trinajstić information content (AvgIpc) is 3.11. The van der Waals surface area contributed by atoms with Crippen LogP contribution in [-0.2, 0) is 9.53 Å². The molecular formula is C24H25NO4S. The van der Waals surface area contributed by atoms with E-state index in [-0.39, 0.29) is 19.1 Å². The number of nitrogens with one attached hydrogen (secondary N) is 1. The second-order valence-electron chi connectivity index (χ2n) is 7.04. The van der Waals surface area contributed by atoms with Crippen LogP contribution in [0.1, 0.15) is 34.0 Å². The predicted octanol–water partition coefficient (Wildman–Crippen LogP) is 5.53. The minimum absolute atomic E-state index is 0.151. The monoisotopic (exact) mass is 423 g/mol. The molecule has 0 radical (unpaired) electrons. The van der Waals surface area contributed by atoms with E-state index >= 15 is 0 Å². The number of amides is 1. The van der Waals surface area contributed by atoms with Crippen molar-refractivity contribution in [1.82, 2.24) is 0 Å². The van der Waals surface area contributed by atoms with Gasteiger partial charge in [-0.05, 0) is 51.0 Å². The summed E-state index contributed by atoms with van der Waals surface area (Å²) >= 11 is 1.30. The van der Waals surface area contributed by atoms with Crippen LogP contribution in [0.25, 0.3) is 11.1 Å². The average molecular weight is 424 g/mol. The zero-order valence-electron chi connectivity index (χ0n) is 17.6. The van der Waals surface area contributed by atoms with E-state index in [1.165, 1.54) is 11.3 Å². The van der Waals surface area contributed by atoms with Crippen molar-refractivity contribution in [1.29, 1.82) is 0 Å². The van der Waals surface area contributed by atoms with Gasteiger partial charge in [-0.1, -0.05) is 41.5 Å². The number of benzene rings is 2. The molecule has 0 unspecified atom stereocenters. The second kappa shape index (κ2) is 9.59. The molecule has 1 amide bonds. The third kappa shape index (κ3) is 5.07. The molecule has 3 aromatic rings. The number of rotatable bonds is 7. The Balaban J connectivity index is 1.83. The van der Waals surface area contributed by atoms with Gasteiger partial charge in [-0.2, -0.15) is 0 Å². The summed E-state index contributed by atoms with van der Waals surface area (Å²) in [4.78, 5) is 25.2. The normalized spacial score (nSPS) is 10.5. The Morgan fingerprint density at radius 3 is 2.33 bits per heavy atom. The standard InChI is InChI=1S/C24H25NO4S/c1-5-28-24(27)22-20(19-11-8-16(3)12-17(19)4)14-30-23(22)25-21(26)13-29-18-9-6-15(2)7-10-18/h6-12,14H,5,13H2,1-4H3,(H,25,26). The van der Waals surface area contributed by atoms with E-state index in [9.17, 15) is 9.59 Å². The largest absolute Gasteiger partial charge is 0.484 e. The molecule has 0 aliphatic carbocycles. The molecule has 0 bridgehead atoms. The summed E-state index contributed by atoms with van der Waals surface area (Å²) in [6.45, 7) is 7.87. The van der Waals surface area contributed by atoms with E-state index in [0.717, 1.165) is 27.8 Å². The van der Waals surface area contributed by atoms with Gasteiger partial charge in [-0.15, -0.1) is 11.3 Å². The highest BCUT2D eigenvalue weighted by Gasteiger charge is 2.23. The third-order valence-electron chi connectivity index (χ3n) is 4.59. The Morgan fingerprint density at radius 1 is 0.967 bits per heavy atom. The van der Waals surface area contributed by atoms with Gasteiger partial charge in [0, 0.05) is 10.9 Å². The molecule has 0 saturated heterocycles. The summed E-state index contributed by atoms with van der Waals surface area (Å²) in [5, 5.41) is 5.14. The van der Waals surface area contributed by atoms with Crippen molar-refractivity contribution in [2.45, 2.75) is 27.7 Å². The van der Waals surface area contributed by atoms with Crippen LogP contribution in [0.5, 0.6) is 5.75 Å². The fourth-order valence-electron chi connectivity index (χ4n) is 3.12. The van der Waals surface area contributed by atoms with Gasteiger partial charge in [0.25, 0.3) is 5.91 Å². The van der Waals surface area contributed by atoms with Crippen molar-refractivity contribution in [2.24, 2.45) is 0 Å². The van der Waals surface area contributed by atoms with Crippen molar-refractivity contribution < 1.29 is 19.1 Å². The van der Waals surface area contributed by atoms with Gasteiger partial charge in [0.2, 0.25) is 0 Å². The van der Waals surface area contributed by atoms with Crippen LogP contribution in [0.3, 0.4) is 0 Å². The lowest BCUT2D eigenvalue weighted by Crippen LogP contribution is -2.21. The number of hydrogen-bond donors (Lipinski definition) is 1. The molecule has 0 atom stereocenters. The fraction of sp³-hybridized carbons (Fsp3) is 0.250. The van der Waals surface area contributed by atoms with E-state index in [0.29, 0.717) is 16.3 Å². The molecule has 156 valence electrons. The number of aryl methyl sites for hydroxylation is 3. The van der Waals surface area contributed by atoms with Crippen molar-refractivity contribution in [3.05, 3.63) is 70.1 Å². The number of carbonyl (C=O) groups is 2. The van der Waals surface area contributed by atoms with Crippen LogP contribution in [0.2, 0.25) is 0 Å². The number of hydrogen-bond acceptors (Lipinski definition) is 5. The van der Waals surface area contributed by atoms with Crippen LogP contribution in [0.15, 0.2) is 47.8 Å². The molecule has 1 N–H and O–H groups in total. The lowest BCUT2D eigenvalue weighted by molar-refractivity contribution is -0.118. The zero-order chi connectivity index (χ0) is 21.7. The number of esters is 1. The summed E-state index contributed by atoms with van der Waals surface area (Å²) in [6, 6.07) is 13.5. The molecule has 1 heterocycles. The molecule has 0 aliphatic rings. The summed E-state index contributed by atoms with van der Waals surface area (Å²) in [6.07, 6.45) is 0. The Kier molecular flexibility index (Phi) is 6.90. The summed E-state index contributed by atoms with van der Waals surface area (Å²) in [7, 11) is 0. The predicted molar refractivity (Wildman–Crippen MR) is 120 cm³/mol. The first-order chi connectivity index (χ1) is 14.4. The minimum Gasteiger partial charge on any atom is -0.484 e. The van der Waals surface area contributed by atoms with E-state index < -0.39 is 5.97 Å². The minimum atomic E-state index is -0.455. The van der Waals surface area contributed by atoms with Crippen LogP contribution in [-0.4, -0.2) is 25.1 Å². The molecule has 30 heavy (non-hydrogen) atoms. The molecule has 0 saturated carbocycles. The van der Waals surface area contributed by atoms with Crippen molar-refractivity contribution >= 4 is 28.2 Å². The van der Waals surface area contributed by atoms with Gasteiger partial charge in [0.15, 0.2) is 6.61 Å². The highest BCUT2D eigenvalue weighted by molar-refractivity contribution is 7.15. The van der Waals surface area contributed by atoms with Crippen LogP contribution >= 0.6 is 11.3 Å². The first-order valence-corrected chi connectivity index (χ1v) is 10.6.